The fraction of sp³-hybridized carbons (Fsp3) is 0.300. The fourth-order valence-corrected chi connectivity index (χ4v) is 1.46. The number of carbonyl (C=O) groups excluding carboxylic acids is 1. The summed E-state index contributed by atoms with van der Waals surface area (Å²) in [5.74, 6) is -0.181. The van der Waals surface area contributed by atoms with E-state index in [4.69, 9.17) is 5.11 Å². The van der Waals surface area contributed by atoms with Crippen LogP contribution in [-0.4, -0.2) is 23.7 Å². The maximum atomic E-state index is 11.6. The van der Waals surface area contributed by atoms with E-state index in [1.165, 1.54) is 0 Å². The van der Waals surface area contributed by atoms with E-state index in [0.717, 1.165) is 4.47 Å². The maximum Gasteiger partial charge on any atom is 0.252 e. The number of carbonyl (C=O) groups is 1. The van der Waals surface area contributed by atoms with Crippen LogP contribution in [0.1, 0.15) is 17.3 Å². The number of halogens is 1. The van der Waals surface area contributed by atoms with Gasteiger partial charge in [-0.3, -0.25) is 4.79 Å². The molecular formula is C10H12BrNO2. The van der Waals surface area contributed by atoms with Crippen LogP contribution in [0.4, 0.5) is 0 Å². The van der Waals surface area contributed by atoms with E-state index >= 15 is 0 Å². The van der Waals surface area contributed by atoms with Crippen LogP contribution in [-0.2, 0) is 0 Å². The van der Waals surface area contributed by atoms with Gasteiger partial charge in [0.2, 0.25) is 0 Å². The summed E-state index contributed by atoms with van der Waals surface area (Å²) >= 11 is 3.29. The third-order valence-corrected chi connectivity index (χ3v) is 2.46. The predicted octanol–water partition coefficient (Wildman–Crippen LogP) is 1.56. The predicted molar refractivity (Wildman–Crippen MR) is 58.2 cm³/mol. The van der Waals surface area contributed by atoms with Gasteiger partial charge < -0.3 is 10.4 Å². The van der Waals surface area contributed by atoms with E-state index in [2.05, 4.69) is 21.2 Å². The highest BCUT2D eigenvalue weighted by Gasteiger charge is 2.10. The second-order valence-corrected chi connectivity index (χ2v) is 3.89. The van der Waals surface area contributed by atoms with Crippen molar-refractivity contribution < 1.29 is 9.90 Å². The summed E-state index contributed by atoms with van der Waals surface area (Å²) in [6.07, 6.45) is 0. The first-order valence-electron chi connectivity index (χ1n) is 4.31. The number of benzene rings is 1. The zero-order valence-corrected chi connectivity index (χ0v) is 9.41. The summed E-state index contributed by atoms with van der Waals surface area (Å²) in [6.45, 7) is 1.69. The van der Waals surface area contributed by atoms with Crippen molar-refractivity contribution in [1.29, 1.82) is 0 Å². The second kappa shape index (κ2) is 5.12. The molecule has 0 spiro atoms. The molecule has 0 fully saturated rings. The molecule has 0 heterocycles. The monoisotopic (exact) mass is 257 g/mol. The SMILES string of the molecule is C[C@H](CO)NC(=O)c1ccccc1Br. The average molecular weight is 258 g/mol. The molecule has 0 unspecified atom stereocenters. The molecule has 76 valence electrons. The summed E-state index contributed by atoms with van der Waals surface area (Å²) in [4.78, 5) is 11.6. The lowest BCUT2D eigenvalue weighted by Crippen LogP contribution is -2.35. The Balaban J connectivity index is 2.75. The summed E-state index contributed by atoms with van der Waals surface area (Å²) in [5.41, 5.74) is 0.577. The third-order valence-electron chi connectivity index (χ3n) is 1.77. The number of rotatable bonds is 3. The zero-order valence-electron chi connectivity index (χ0n) is 7.83. The van der Waals surface area contributed by atoms with Crippen LogP contribution >= 0.6 is 15.9 Å². The lowest BCUT2D eigenvalue weighted by molar-refractivity contribution is 0.0921. The molecule has 0 aliphatic rings. The molecule has 1 aromatic rings. The van der Waals surface area contributed by atoms with E-state index in [9.17, 15) is 4.79 Å². The van der Waals surface area contributed by atoms with E-state index in [1.54, 1.807) is 25.1 Å². The van der Waals surface area contributed by atoms with Gasteiger partial charge in [0.1, 0.15) is 0 Å². The molecule has 3 nitrogen and oxygen atoms in total. The van der Waals surface area contributed by atoms with Gasteiger partial charge in [0.15, 0.2) is 0 Å². The molecule has 1 atom stereocenters. The molecule has 0 aromatic heterocycles. The molecular weight excluding hydrogens is 246 g/mol. The van der Waals surface area contributed by atoms with Gasteiger partial charge in [-0.25, -0.2) is 0 Å². The highest BCUT2D eigenvalue weighted by Crippen LogP contribution is 2.15. The fourth-order valence-electron chi connectivity index (χ4n) is 0.993. The third kappa shape index (κ3) is 2.82. The van der Waals surface area contributed by atoms with Crippen molar-refractivity contribution in [3.63, 3.8) is 0 Å². The van der Waals surface area contributed by atoms with Gasteiger partial charge in [-0.05, 0) is 35.0 Å². The first kappa shape index (κ1) is 11.2. The van der Waals surface area contributed by atoms with Crippen LogP contribution < -0.4 is 5.32 Å². The standard InChI is InChI=1S/C10H12BrNO2/c1-7(6-13)12-10(14)8-4-2-3-5-9(8)11/h2-5,7,13H,6H2,1H3,(H,12,14)/t7-/m1/s1. The van der Waals surface area contributed by atoms with Crippen molar-refractivity contribution in [3.8, 4) is 0 Å². The van der Waals surface area contributed by atoms with Crippen LogP contribution in [0.5, 0.6) is 0 Å². The van der Waals surface area contributed by atoms with E-state index < -0.39 is 0 Å². The smallest absolute Gasteiger partial charge is 0.252 e. The second-order valence-electron chi connectivity index (χ2n) is 3.04. The van der Waals surface area contributed by atoms with Crippen LogP contribution in [0.15, 0.2) is 28.7 Å². The van der Waals surface area contributed by atoms with E-state index in [-0.39, 0.29) is 18.6 Å². The molecule has 1 aromatic carbocycles. The summed E-state index contributed by atoms with van der Waals surface area (Å²) < 4.78 is 0.752. The topological polar surface area (TPSA) is 49.3 Å². The minimum absolute atomic E-state index is 0.0593. The van der Waals surface area contributed by atoms with Crippen molar-refractivity contribution in [2.75, 3.05) is 6.61 Å². The Morgan fingerprint density at radius 1 is 1.57 bits per heavy atom. The van der Waals surface area contributed by atoms with E-state index in [0.29, 0.717) is 5.56 Å². The van der Waals surface area contributed by atoms with Gasteiger partial charge >= 0.3 is 0 Å². The van der Waals surface area contributed by atoms with Crippen molar-refractivity contribution in [1.82, 2.24) is 5.32 Å². The van der Waals surface area contributed by atoms with Gasteiger partial charge in [-0.1, -0.05) is 12.1 Å². The van der Waals surface area contributed by atoms with Crippen molar-refractivity contribution in [3.05, 3.63) is 34.3 Å². The average Bonchev–Trinajstić information content (AvgIpc) is 2.18. The van der Waals surface area contributed by atoms with Crippen LogP contribution in [0.2, 0.25) is 0 Å². The van der Waals surface area contributed by atoms with Crippen molar-refractivity contribution >= 4 is 21.8 Å². The minimum Gasteiger partial charge on any atom is -0.394 e. The van der Waals surface area contributed by atoms with Gasteiger partial charge in [0.05, 0.1) is 12.2 Å². The van der Waals surface area contributed by atoms with Crippen LogP contribution in [0, 0.1) is 0 Å². The Morgan fingerprint density at radius 3 is 2.79 bits per heavy atom. The molecule has 1 rings (SSSR count). The van der Waals surface area contributed by atoms with Crippen LogP contribution in [0.25, 0.3) is 0 Å². The number of amides is 1. The van der Waals surface area contributed by atoms with Crippen molar-refractivity contribution in [2.45, 2.75) is 13.0 Å². The lowest BCUT2D eigenvalue weighted by Gasteiger charge is -2.11. The number of nitrogens with one attached hydrogen (secondary N) is 1. The van der Waals surface area contributed by atoms with Gasteiger partial charge in [-0.15, -0.1) is 0 Å². The molecule has 0 saturated heterocycles. The first-order chi connectivity index (χ1) is 6.65. The lowest BCUT2D eigenvalue weighted by atomic mass is 10.2. The normalized spacial score (nSPS) is 12.2. The Morgan fingerprint density at radius 2 is 2.21 bits per heavy atom. The van der Waals surface area contributed by atoms with Gasteiger partial charge in [0, 0.05) is 10.5 Å². The molecule has 0 aliphatic heterocycles. The highest BCUT2D eigenvalue weighted by atomic mass is 79.9. The zero-order chi connectivity index (χ0) is 10.6. The molecule has 0 radical (unpaired) electrons. The minimum atomic E-state index is -0.227. The van der Waals surface area contributed by atoms with Gasteiger partial charge in [-0.2, -0.15) is 0 Å². The number of aliphatic hydroxyl groups excluding tert-OH is 1. The largest absolute Gasteiger partial charge is 0.394 e. The quantitative estimate of drug-likeness (QED) is 0.864. The van der Waals surface area contributed by atoms with Crippen LogP contribution in [0.3, 0.4) is 0 Å². The first-order valence-corrected chi connectivity index (χ1v) is 5.10. The number of hydrogen-bond acceptors (Lipinski definition) is 2. The van der Waals surface area contributed by atoms with Crippen molar-refractivity contribution in [2.24, 2.45) is 0 Å². The Hall–Kier alpha value is -0.870. The molecule has 1 amide bonds. The maximum absolute atomic E-state index is 11.6. The molecule has 4 heteroatoms. The summed E-state index contributed by atoms with van der Waals surface area (Å²) in [6, 6.07) is 6.94. The summed E-state index contributed by atoms with van der Waals surface area (Å²) in [5, 5.41) is 11.4. The Kier molecular flexibility index (Phi) is 4.10. The molecule has 2 N–H and O–H groups in total. The van der Waals surface area contributed by atoms with Gasteiger partial charge in [0.25, 0.3) is 5.91 Å². The molecule has 14 heavy (non-hydrogen) atoms. The summed E-state index contributed by atoms with van der Waals surface area (Å²) in [7, 11) is 0. The number of hydrogen-bond donors (Lipinski definition) is 2. The Bertz CT molecular complexity index is 328. The van der Waals surface area contributed by atoms with E-state index in [1.807, 2.05) is 6.07 Å². The molecule has 0 saturated carbocycles. The number of aliphatic hydroxyl groups is 1. The highest BCUT2D eigenvalue weighted by molar-refractivity contribution is 9.10. The molecule has 0 bridgehead atoms. The molecule has 0 aliphatic carbocycles. The Labute approximate surface area is 91.3 Å².